The minimum atomic E-state index is -4.37. The van der Waals surface area contributed by atoms with Crippen molar-refractivity contribution in [3.63, 3.8) is 0 Å². The molecule has 2 N–H and O–H groups in total. The topological polar surface area (TPSA) is 56.0 Å². The standard InChI is InChI=1S/C15H9F3N2O/c16-15(17,18)13-5-3-10(4-6-13)1-2-11-7-12(14(19)21)9-20-8-11/h3-9H,(H2,19,21). The van der Waals surface area contributed by atoms with Crippen LogP contribution in [0.1, 0.15) is 27.0 Å². The van der Waals surface area contributed by atoms with Crippen molar-refractivity contribution in [1.82, 2.24) is 4.98 Å². The number of rotatable bonds is 1. The number of halogens is 3. The second-order valence-corrected chi connectivity index (χ2v) is 4.15. The fourth-order valence-electron chi connectivity index (χ4n) is 1.53. The van der Waals surface area contributed by atoms with Crippen molar-refractivity contribution in [2.45, 2.75) is 6.18 Å². The average Bonchev–Trinajstić information content (AvgIpc) is 2.45. The summed E-state index contributed by atoms with van der Waals surface area (Å²) in [6.45, 7) is 0. The zero-order valence-corrected chi connectivity index (χ0v) is 10.6. The average molecular weight is 290 g/mol. The molecule has 1 amide bonds. The number of nitrogens with two attached hydrogens (primary N) is 1. The van der Waals surface area contributed by atoms with Crippen LogP contribution < -0.4 is 5.73 Å². The van der Waals surface area contributed by atoms with Crippen molar-refractivity contribution in [1.29, 1.82) is 0 Å². The smallest absolute Gasteiger partial charge is 0.366 e. The second kappa shape index (κ2) is 5.67. The molecule has 0 spiro atoms. The number of hydrogen-bond donors (Lipinski definition) is 1. The third-order valence-electron chi connectivity index (χ3n) is 2.59. The van der Waals surface area contributed by atoms with E-state index in [-0.39, 0.29) is 5.56 Å². The van der Waals surface area contributed by atoms with Crippen molar-refractivity contribution in [3.05, 3.63) is 65.0 Å². The molecular weight excluding hydrogens is 281 g/mol. The molecule has 0 atom stereocenters. The first-order valence-corrected chi connectivity index (χ1v) is 5.80. The molecule has 2 rings (SSSR count). The highest BCUT2D eigenvalue weighted by atomic mass is 19.4. The summed E-state index contributed by atoms with van der Waals surface area (Å²) in [6, 6.07) is 5.94. The molecule has 1 aromatic heterocycles. The van der Waals surface area contributed by atoms with E-state index in [4.69, 9.17) is 5.73 Å². The monoisotopic (exact) mass is 290 g/mol. The zero-order chi connectivity index (χ0) is 15.5. The minimum Gasteiger partial charge on any atom is -0.366 e. The first-order chi connectivity index (χ1) is 9.86. The number of benzene rings is 1. The fraction of sp³-hybridized carbons (Fsp3) is 0.0667. The van der Waals surface area contributed by atoms with Crippen LogP contribution in [-0.4, -0.2) is 10.9 Å². The van der Waals surface area contributed by atoms with Gasteiger partial charge in [-0.2, -0.15) is 13.2 Å². The molecule has 3 nitrogen and oxygen atoms in total. The van der Waals surface area contributed by atoms with Gasteiger partial charge in [-0.15, -0.1) is 0 Å². The highest BCUT2D eigenvalue weighted by Gasteiger charge is 2.29. The third kappa shape index (κ3) is 3.83. The normalized spacial score (nSPS) is 10.6. The van der Waals surface area contributed by atoms with Gasteiger partial charge in [0.2, 0.25) is 5.91 Å². The van der Waals surface area contributed by atoms with Crippen molar-refractivity contribution in [2.75, 3.05) is 0 Å². The molecule has 0 saturated carbocycles. The lowest BCUT2D eigenvalue weighted by Crippen LogP contribution is -2.11. The van der Waals surface area contributed by atoms with Gasteiger partial charge in [-0.1, -0.05) is 11.8 Å². The predicted octanol–water partition coefficient (Wildman–Crippen LogP) is 2.60. The maximum atomic E-state index is 12.4. The first-order valence-electron chi connectivity index (χ1n) is 5.80. The number of alkyl halides is 3. The molecular formula is C15H9F3N2O. The molecule has 6 heteroatoms. The Balaban J connectivity index is 2.23. The summed E-state index contributed by atoms with van der Waals surface area (Å²) >= 11 is 0. The Morgan fingerprint density at radius 2 is 1.67 bits per heavy atom. The van der Waals surface area contributed by atoms with Crippen LogP contribution >= 0.6 is 0 Å². The molecule has 0 unspecified atom stereocenters. The van der Waals surface area contributed by atoms with Crippen molar-refractivity contribution in [2.24, 2.45) is 5.73 Å². The lowest BCUT2D eigenvalue weighted by atomic mass is 10.1. The van der Waals surface area contributed by atoms with E-state index >= 15 is 0 Å². The molecule has 0 saturated heterocycles. The SMILES string of the molecule is NC(=O)c1cncc(C#Cc2ccc(C(F)(F)F)cc2)c1. The summed E-state index contributed by atoms with van der Waals surface area (Å²) in [7, 11) is 0. The molecule has 0 radical (unpaired) electrons. The molecule has 1 heterocycles. The molecule has 1 aromatic carbocycles. The molecule has 21 heavy (non-hydrogen) atoms. The summed E-state index contributed by atoms with van der Waals surface area (Å²) in [5.41, 5.74) is 5.47. The largest absolute Gasteiger partial charge is 0.416 e. The summed E-state index contributed by atoms with van der Waals surface area (Å²) in [4.78, 5) is 14.8. The van der Waals surface area contributed by atoms with Crippen LogP contribution in [0, 0.1) is 11.8 Å². The van der Waals surface area contributed by atoms with E-state index in [1.54, 1.807) is 0 Å². The van der Waals surface area contributed by atoms with Crippen LogP contribution in [0.5, 0.6) is 0 Å². The summed E-state index contributed by atoms with van der Waals surface area (Å²) < 4.78 is 37.2. The number of nitrogens with zero attached hydrogens (tertiary/aromatic N) is 1. The van der Waals surface area contributed by atoms with E-state index in [2.05, 4.69) is 16.8 Å². The van der Waals surface area contributed by atoms with Gasteiger partial charge in [0.05, 0.1) is 11.1 Å². The van der Waals surface area contributed by atoms with Crippen LogP contribution in [-0.2, 0) is 6.18 Å². The lowest BCUT2D eigenvalue weighted by molar-refractivity contribution is -0.137. The zero-order valence-electron chi connectivity index (χ0n) is 10.6. The van der Waals surface area contributed by atoms with Gasteiger partial charge in [-0.25, -0.2) is 0 Å². The predicted molar refractivity (Wildman–Crippen MR) is 70.2 cm³/mol. The van der Waals surface area contributed by atoms with E-state index in [0.29, 0.717) is 11.1 Å². The van der Waals surface area contributed by atoms with Crippen LogP contribution in [0.2, 0.25) is 0 Å². The van der Waals surface area contributed by atoms with Crippen LogP contribution in [0.25, 0.3) is 0 Å². The Labute approximate surface area is 118 Å². The van der Waals surface area contributed by atoms with E-state index in [0.717, 1.165) is 12.1 Å². The molecule has 2 aromatic rings. The first kappa shape index (κ1) is 14.6. The van der Waals surface area contributed by atoms with Crippen LogP contribution in [0.15, 0.2) is 42.7 Å². The molecule has 106 valence electrons. The van der Waals surface area contributed by atoms with E-state index in [9.17, 15) is 18.0 Å². The minimum absolute atomic E-state index is 0.217. The molecule has 0 aliphatic carbocycles. The van der Waals surface area contributed by atoms with Gasteiger partial charge in [0, 0.05) is 23.5 Å². The second-order valence-electron chi connectivity index (χ2n) is 4.15. The highest BCUT2D eigenvalue weighted by molar-refractivity contribution is 5.92. The Kier molecular flexibility index (Phi) is 3.94. The van der Waals surface area contributed by atoms with Gasteiger partial charge in [0.15, 0.2) is 0 Å². The van der Waals surface area contributed by atoms with Gasteiger partial charge < -0.3 is 5.73 Å². The molecule has 0 bridgehead atoms. The van der Waals surface area contributed by atoms with Gasteiger partial charge in [-0.05, 0) is 30.3 Å². The molecule has 0 aliphatic heterocycles. The maximum absolute atomic E-state index is 12.4. The quantitative estimate of drug-likeness (QED) is 0.821. The van der Waals surface area contributed by atoms with Gasteiger partial charge in [0.25, 0.3) is 0 Å². The van der Waals surface area contributed by atoms with Crippen molar-refractivity contribution >= 4 is 5.91 Å². The van der Waals surface area contributed by atoms with Crippen LogP contribution in [0.3, 0.4) is 0 Å². The summed E-state index contributed by atoms with van der Waals surface area (Å²) in [5.74, 6) is 4.78. The lowest BCUT2D eigenvalue weighted by Gasteiger charge is -2.05. The van der Waals surface area contributed by atoms with Crippen LogP contribution in [0.4, 0.5) is 13.2 Å². The number of primary amides is 1. The van der Waals surface area contributed by atoms with E-state index in [1.165, 1.54) is 30.6 Å². The van der Waals surface area contributed by atoms with E-state index in [1.807, 2.05) is 0 Å². The molecule has 0 aliphatic rings. The third-order valence-corrected chi connectivity index (χ3v) is 2.59. The number of aromatic nitrogens is 1. The van der Waals surface area contributed by atoms with Gasteiger partial charge in [-0.3, -0.25) is 9.78 Å². The Bertz CT molecular complexity index is 725. The number of pyridine rings is 1. The van der Waals surface area contributed by atoms with Crippen molar-refractivity contribution < 1.29 is 18.0 Å². The van der Waals surface area contributed by atoms with Gasteiger partial charge >= 0.3 is 6.18 Å². The summed E-state index contributed by atoms with van der Waals surface area (Å²) in [5, 5.41) is 0. The fourth-order valence-corrected chi connectivity index (χ4v) is 1.53. The Morgan fingerprint density at radius 1 is 1.05 bits per heavy atom. The van der Waals surface area contributed by atoms with Crippen molar-refractivity contribution in [3.8, 4) is 11.8 Å². The number of hydrogen-bond acceptors (Lipinski definition) is 2. The Morgan fingerprint density at radius 3 is 2.24 bits per heavy atom. The summed E-state index contributed by atoms with van der Waals surface area (Å²) in [6.07, 6.45) is -1.62. The maximum Gasteiger partial charge on any atom is 0.416 e. The van der Waals surface area contributed by atoms with E-state index < -0.39 is 17.6 Å². The highest BCUT2D eigenvalue weighted by Crippen LogP contribution is 2.28. The number of amides is 1. The number of carbonyl (C=O) groups excluding carboxylic acids is 1. The Hall–Kier alpha value is -2.81. The molecule has 0 fully saturated rings. The number of carbonyl (C=O) groups is 1. The van der Waals surface area contributed by atoms with Gasteiger partial charge in [0.1, 0.15) is 0 Å².